The summed E-state index contributed by atoms with van der Waals surface area (Å²) in [5.41, 5.74) is 4.67. The molecule has 4 aromatic carbocycles. The smallest absolute Gasteiger partial charge is 0.259 e. The zero-order chi connectivity index (χ0) is 25.7. The van der Waals surface area contributed by atoms with Crippen LogP contribution in [0.15, 0.2) is 102 Å². The first-order valence-electron chi connectivity index (χ1n) is 13.0. The Labute approximate surface area is 226 Å². The standard InChI is InChI=1S/C33H28N2O2S/c36-32(35-26-15-2-1-3-16-26)31-28-18-7-9-20-30(28)38-33(31)34-21-24-12-5-8-19-29(24)37-22-25-14-10-13-23-11-4-6-17-27(23)25/h1-6,8,10-17,19,21H,7,9,18,20,22H2,(H,35,36)/b34-21+. The van der Waals surface area contributed by atoms with Crippen LogP contribution in [0.25, 0.3) is 10.8 Å². The number of hydrogen-bond acceptors (Lipinski definition) is 4. The fourth-order valence-corrected chi connectivity index (χ4v) is 6.24. The van der Waals surface area contributed by atoms with E-state index in [0.717, 1.165) is 58.8 Å². The number of aliphatic imine (C=N–C) groups is 1. The number of aryl methyl sites for hydroxylation is 1. The van der Waals surface area contributed by atoms with Gasteiger partial charge in [0.15, 0.2) is 0 Å². The van der Waals surface area contributed by atoms with Gasteiger partial charge < -0.3 is 10.1 Å². The lowest BCUT2D eigenvalue weighted by Crippen LogP contribution is -2.14. The molecule has 0 saturated carbocycles. The first kappa shape index (κ1) is 24.1. The van der Waals surface area contributed by atoms with E-state index in [1.165, 1.54) is 15.6 Å². The van der Waals surface area contributed by atoms with Crippen molar-refractivity contribution in [3.05, 3.63) is 124 Å². The Morgan fingerprint density at radius 1 is 0.868 bits per heavy atom. The average Bonchev–Trinajstić information content (AvgIpc) is 3.34. The second-order valence-electron chi connectivity index (χ2n) is 9.43. The Kier molecular flexibility index (Phi) is 7.01. The normalized spacial score (nSPS) is 12.9. The highest BCUT2D eigenvalue weighted by atomic mass is 32.1. The number of para-hydroxylation sites is 2. The molecule has 0 unspecified atom stereocenters. The number of nitrogens with one attached hydrogen (secondary N) is 1. The molecule has 38 heavy (non-hydrogen) atoms. The van der Waals surface area contributed by atoms with Gasteiger partial charge in [0, 0.05) is 22.3 Å². The number of carbonyl (C=O) groups excluding carboxylic acids is 1. The van der Waals surface area contributed by atoms with Gasteiger partial charge in [0.05, 0.1) is 5.56 Å². The Hall–Kier alpha value is -4.22. The van der Waals surface area contributed by atoms with Gasteiger partial charge in [0.2, 0.25) is 0 Å². The van der Waals surface area contributed by atoms with Gasteiger partial charge in [-0.25, -0.2) is 4.99 Å². The molecule has 0 spiro atoms. The van der Waals surface area contributed by atoms with Gasteiger partial charge in [0.1, 0.15) is 17.4 Å². The van der Waals surface area contributed by atoms with E-state index in [2.05, 4.69) is 47.8 Å². The summed E-state index contributed by atoms with van der Waals surface area (Å²) in [7, 11) is 0. The van der Waals surface area contributed by atoms with Crippen molar-refractivity contribution >= 4 is 44.9 Å². The largest absolute Gasteiger partial charge is 0.488 e. The highest BCUT2D eigenvalue weighted by molar-refractivity contribution is 7.16. The van der Waals surface area contributed by atoms with Crippen LogP contribution in [0.2, 0.25) is 0 Å². The lowest BCUT2D eigenvalue weighted by molar-refractivity contribution is 0.102. The number of hydrogen-bond donors (Lipinski definition) is 1. The van der Waals surface area contributed by atoms with E-state index in [9.17, 15) is 4.79 Å². The van der Waals surface area contributed by atoms with Crippen LogP contribution < -0.4 is 10.1 Å². The predicted molar refractivity (Wildman–Crippen MR) is 157 cm³/mol. The number of thiophene rings is 1. The summed E-state index contributed by atoms with van der Waals surface area (Å²) in [5, 5.41) is 6.22. The third kappa shape index (κ3) is 5.11. The number of nitrogens with zero attached hydrogens (tertiary/aromatic N) is 1. The predicted octanol–water partition coefficient (Wildman–Crippen LogP) is 8.36. The summed E-state index contributed by atoms with van der Waals surface area (Å²) in [4.78, 5) is 19.6. The van der Waals surface area contributed by atoms with Crippen LogP contribution in [0.4, 0.5) is 10.7 Å². The Bertz CT molecular complexity index is 1620. The molecule has 1 heterocycles. The van der Waals surface area contributed by atoms with Crippen LogP contribution in [-0.4, -0.2) is 12.1 Å². The molecular weight excluding hydrogens is 488 g/mol. The van der Waals surface area contributed by atoms with Crippen LogP contribution in [0, 0.1) is 0 Å². The number of fused-ring (bicyclic) bond motifs is 2. The molecular formula is C33H28N2O2S. The molecule has 1 amide bonds. The van der Waals surface area contributed by atoms with Crippen molar-refractivity contribution in [2.24, 2.45) is 4.99 Å². The molecule has 188 valence electrons. The summed E-state index contributed by atoms with van der Waals surface area (Å²) in [6.07, 6.45) is 6.01. The maximum absolute atomic E-state index is 13.4. The number of amides is 1. The second kappa shape index (κ2) is 11.0. The zero-order valence-corrected chi connectivity index (χ0v) is 21.8. The van der Waals surface area contributed by atoms with Crippen molar-refractivity contribution in [3.8, 4) is 5.75 Å². The SMILES string of the molecule is O=C(Nc1ccccc1)c1c(/N=C/c2ccccc2OCc2cccc3ccccc23)sc2c1CCCC2. The molecule has 0 fully saturated rings. The molecule has 1 N–H and O–H groups in total. The second-order valence-corrected chi connectivity index (χ2v) is 10.5. The topological polar surface area (TPSA) is 50.7 Å². The first-order valence-corrected chi connectivity index (χ1v) is 13.8. The molecule has 4 nitrogen and oxygen atoms in total. The molecule has 1 aliphatic rings. The molecule has 0 atom stereocenters. The van der Waals surface area contributed by atoms with Crippen molar-refractivity contribution in [2.75, 3.05) is 5.32 Å². The molecule has 0 saturated heterocycles. The highest BCUT2D eigenvalue weighted by Gasteiger charge is 2.25. The lowest BCUT2D eigenvalue weighted by atomic mass is 9.95. The number of rotatable bonds is 7. The van der Waals surface area contributed by atoms with E-state index in [1.807, 2.05) is 60.8 Å². The monoisotopic (exact) mass is 516 g/mol. The summed E-state index contributed by atoms with van der Waals surface area (Å²) < 4.78 is 6.29. The van der Waals surface area contributed by atoms with Crippen LogP contribution in [0.1, 0.15) is 44.8 Å². The van der Waals surface area contributed by atoms with Crippen molar-refractivity contribution in [3.63, 3.8) is 0 Å². The maximum Gasteiger partial charge on any atom is 0.259 e. The van der Waals surface area contributed by atoms with Gasteiger partial charge in [-0.05, 0) is 71.8 Å². The van der Waals surface area contributed by atoms with Crippen LogP contribution in [0.3, 0.4) is 0 Å². The average molecular weight is 517 g/mol. The zero-order valence-electron chi connectivity index (χ0n) is 21.0. The Morgan fingerprint density at radius 3 is 2.55 bits per heavy atom. The first-order chi connectivity index (χ1) is 18.8. The van der Waals surface area contributed by atoms with Crippen LogP contribution in [0.5, 0.6) is 5.75 Å². The molecule has 1 aromatic heterocycles. The third-order valence-corrected chi connectivity index (χ3v) is 8.11. The molecule has 5 aromatic rings. The van der Waals surface area contributed by atoms with Gasteiger partial charge in [-0.3, -0.25) is 4.79 Å². The van der Waals surface area contributed by atoms with E-state index < -0.39 is 0 Å². The van der Waals surface area contributed by atoms with E-state index >= 15 is 0 Å². The van der Waals surface area contributed by atoms with Crippen LogP contribution >= 0.6 is 11.3 Å². The van der Waals surface area contributed by atoms with Crippen molar-refractivity contribution in [1.29, 1.82) is 0 Å². The summed E-state index contributed by atoms with van der Waals surface area (Å²) in [6, 6.07) is 32.2. The number of carbonyl (C=O) groups is 1. The fourth-order valence-electron chi connectivity index (χ4n) is 5.01. The van der Waals surface area contributed by atoms with Gasteiger partial charge in [0.25, 0.3) is 5.91 Å². The molecule has 0 radical (unpaired) electrons. The number of benzene rings is 4. The number of anilines is 1. The van der Waals surface area contributed by atoms with Crippen molar-refractivity contribution in [2.45, 2.75) is 32.3 Å². The van der Waals surface area contributed by atoms with Gasteiger partial charge >= 0.3 is 0 Å². The molecule has 1 aliphatic carbocycles. The van der Waals surface area contributed by atoms with Gasteiger partial charge in [-0.1, -0.05) is 72.8 Å². The summed E-state index contributed by atoms with van der Waals surface area (Å²) in [5.74, 6) is 0.670. The van der Waals surface area contributed by atoms with E-state index in [-0.39, 0.29) is 5.91 Å². The van der Waals surface area contributed by atoms with Gasteiger partial charge in [-0.15, -0.1) is 11.3 Å². The minimum atomic E-state index is -0.0942. The van der Waals surface area contributed by atoms with Crippen LogP contribution in [-0.2, 0) is 19.4 Å². The van der Waals surface area contributed by atoms with Gasteiger partial charge in [-0.2, -0.15) is 0 Å². The lowest BCUT2D eigenvalue weighted by Gasteiger charge is -2.13. The highest BCUT2D eigenvalue weighted by Crippen LogP contribution is 2.40. The van der Waals surface area contributed by atoms with Crippen molar-refractivity contribution in [1.82, 2.24) is 0 Å². The van der Waals surface area contributed by atoms with E-state index in [1.54, 1.807) is 11.3 Å². The molecule has 0 aliphatic heterocycles. The summed E-state index contributed by atoms with van der Waals surface area (Å²) in [6.45, 7) is 0.463. The summed E-state index contributed by atoms with van der Waals surface area (Å²) >= 11 is 1.64. The quantitative estimate of drug-likeness (QED) is 0.221. The third-order valence-electron chi connectivity index (χ3n) is 6.91. The van der Waals surface area contributed by atoms with Crippen molar-refractivity contribution < 1.29 is 9.53 Å². The minimum Gasteiger partial charge on any atom is -0.488 e. The molecule has 6 rings (SSSR count). The minimum absolute atomic E-state index is 0.0942. The fraction of sp³-hybridized carbons (Fsp3) is 0.152. The Balaban J connectivity index is 1.27. The van der Waals surface area contributed by atoms with E-state index in [0.29, 0.717) is 12.2 Å². The molecule has 0 bridgehead atoms. The van der Waals surface area contributed by atoms with E-state index in [4.69, 9.17) is 9.73 Å². The number of ether oxygens (including phenoxy) is 1. The molecule has 5 heteroatoms. The maximum atomic E-state index is 13.4. The Morgan fingerprint density at radius 2 is 1.63 bits per heavy atom.